The zero-order valence-electron chi connectivity index (χ0n) is 10.9. The van der Waals surface area contributed by atoms with Gasteiger partial charge < -0.3 is 4.57 Å². The van der Waals surface area contributed by atoms with Crippen LogP contribution < -0.4 is 0 Å². The Bertz CT molecular complexity index is 411. The highest BCUT2D eigenvalue weighted by Gasteiger charge is 2.30. The van der Waals surface area contributed by atoms with E-state index in [0.29, 0.717) is 6.04 Å². The monoisotopic (exact) mass is 251 g/mol. The van der Waals surface area contributed by atoms with Gasteiger partial charge in [-0.15, -0.1) is 0 Å². The maximum absolute atomic E-state index is 11.0. The molecule has 1 aromatic heterocycles. The first-order chi connectivity index (χ1) is 8.19. The smallest absolute Gasteiger partial charge is 0.151 e. The second-order valence-electron chi connectivity index (χ2n) is 4.81. The Morgan fingerprint density at radius 1 is 1.47 bits per heavy atom. The van der Waals surface area contributed by atoms with Crippen LogP contribution >= 0.6 is 11.8 Å². The highest BCUT2D eigenvalue weighted by molar-refractivity contribution is 7.99. The number of rotatable bonds is 4. The third-order valence-electron chi connectivity index (χ3n) is 3.78. The fourth-order valence-corrected chi connectivity index (χ4v) is 4.28. The van der Waals surface area contributed by atoms with Crippen LogP contribution in [0.5, 0.6) is 0 Å². The van der Waals surface area contributed by atoms with Crippen molar-refractivity contribution in [1.82, 2.24) is 4.57 Å². The molecular formula is C14H21NOS. The highest BCUT2D eigenvalue weighted by Crippen LogP contribution is 2.40. The summed E-state index contributed by atoms with van der Waals surface area (Å²) in [5.74, 6) is 1.18. The Morgan fingerprint density at radius 2 is 2.24 bits per heavy atom. The van der Waals surface area contributed by atoms with E-state index in [1.165, 1.54) is 30.7 Å². The van der Waals surface area contributed by atoms with Gasteiger partial charge >= 0.3 is 0 Å². The Morgan fingerprint density at radius 3 is 2.82 bits per heavy atom. The number of aromatic nitrogens is 1. The van der Waals surface area contributed by atoms with Crippen LogP contribution in [0.1, 0.15) is 54.0 Å². The maximum Gasteiger partial charge on any atom is 0.151 e. The average Bonchev–Trinajstić information content (AvgIpc) is 2.84. The Balaban J connectivity index is 2.32. The molecule has 1 heterocycles. The number of hydrogen-bond acceptors (Lipinski definition) is 2. The molecule has 0 saturated heterocycles. The summed E-state index contributed by atoms with van der Waals surface area (Å²) in [6, 6.07) is 2.61. The lowest BCUT2D eigenvalue weighted by Crippen LogP contribution is -2.18. The van der Waals surface area contributed by atoms with Gasteiger partial charge in [0.15, 0.2) is 6.29 Å². The zero-order valence-corrected chi connectivity index (χ0v) is 11.7. The number of thioether (sulfide) groups is 1. The van der Waals surface area contributed by atoms with Crippen molar-refractivity contribution >= 4 is 18.0 Å². The first kappa shape index (κ1) is 12.7. The SMILES string of the molecule is CCSC1CCCC1n1c(C)cc(C=O)c1C. The van der Waals surface area contributed by atoms with E-state index in [4.69, 9.17) is 0 Å². The number of nitrogens with zero attached hydrogens (tertiary/aromatic N) is 1. The maximum atomic E-state index is 11.0. The number of carbonyl (C=O) groups excluding carboxylic acids is 1. The van der Waals surface area contributed by atoms with Gasteiger partial charge in [-0.3, -0.25) is 4.79 Å². The molecular weight excluding hydrogens is 230 g/mol. The molecule has 1 aromatic rings. The molecule has 0 radical (unpaired) electrons. The van der Waals surface area contributed by atoms with Crippen LogP contribution in [0.4, 0.5) is 0 Å². The predicted octanol–water partition coefficient (Wildman–Crippen LogP) is 3.76. The fraction of sp³-hybridized carbons (Fsp3) is 0.643. The van der Waals surface area contributed by atoms with Crippen molar-refractivity contribution in [2.45, 2.75) is 51.3 Å². The lowest BCUT2D eigenvalue weighted by molar-refractivity contribution is 0.112. The lowest BCUT2D eigenvalue weighted by atomic mass is 10.2. The molecule has 3 heteroatoms. The van der Waals surface area contributed by atoms with E-state index in [2.05, 4.69) is 37.1 Å². The standard InChI is InChI=1S/C14H21NOS/c1-4-17-14-7-5-6-13(14)15-10(2)8-12(9-16)11(15)3/h8-9,13-14H,4-7H2,1-3H3. The molecule has 2 nitrogen and oxygen atoms in total. The molecule has 2 atom stereocenters. The second-order valence-corrected chi connectivity index (χ2v) is 6.32. The quantitative estimate of drug-likeness (QED) is 0.760. The molecule has 1 aliphatic rings. The minimum atomic E-state index is 0.591. The zero-order chi connectivity index (χ0) is 12.4. The van der Waals surface area contributed by atoms with Crippen LogP contribution in [0.3, 0.4) is 0 Å². The first-order valence-corrected chi connectivity index (χ1v) is 7.49. The highest BCUT2D eigenvalue weighted by atomic mass is 32.2. The summed E-state index contributed by atoms with van der Waals surface area (Å²) < 4.78 is 2.39. The van der Waals surface area contributed by atoms with Crippen molar-refractivity contribution in [3.8, 4) is 0 Å². The van der Waals surface area contributed by atoms with Gasteiger partial charge in [0, 0.05) is 28.2 Å². The van der Waals surface area contributed by atoms with Crippen LogP contribution in [0.2, 0.25) is 0 Å². The summed E-state index contributed by atoms with van der Waals surface area (Å²) in [4.78, 5) is 11.0. The van der Waals surface area contributed by atoms with Gasteiger partial charge in [0.25, 0.3) is 0 Å². The van der Waals surface area contributed by atoms with Crippen LogP contribution in [-0.4, -0.2) is 21.9 Å². The number of carbonyl (C=O) groups is 1. The van der Waals surface area contributed by atoms with Crippen molar-refractivity contribution in [3.63, 3.8) is 0 Å². The molecule has 2 unspecified atom stereocenters. The number of hydrogen-bond donors (Lipinski definition) is 0. The fourth-order valence-electron chi connectivity index (χ4n) is 3.04. The Labute approximate surface area is 108 Å². The first-order valence-electron chi connectivity index (χ1n) is 6.44. The van der Waals surface area contributed by atoms with Gasteiger partial charge in [-0.1, -0.05) is 13.3 Å². The van der Waals surface area contributed by atoms with Crippen LogP contribution in [0.15, 0.2) is 6.07 Å². The van der Waals surface area contributed by atoms with Crippen molar-refractivity contribution in [3.05, 3.63) is 23.0 Å². The third kappa shape index (κ3) is 2.30. The van der Waals surface area contributed by atoms with Gasteiger partial charge in [0.2, 0.25) is 0 Å². The lowest BCUT2D eigenvalue weighted by Gasteiger charge is -2.24. The van der Waals surface area contributed by atoms with Gasteiger partial charge in [-0.05, 0) is 38.5 Å². The van der Waals surface area contributed by atoms with Gasteiger partial charge in [0.05, 0.1) is 0 Å². The topological polar surface area (TPSA) is 22.0 Å². The summed E-state index contributed by atoms with van der Waals surface area (Å²) in [6.07, 6.45) is 4.87. The molecule has 17 heavy (non-hydrogen) atoms. The summed E-state index contributed by atoms with van der Waals surface area (Å²) >= 11 is 2.07. The van der Waals surface area contributed by atoms with Gasteiger partial charge in [0.1, 0.15) is 0 Å². The Kier molecular flexibility index (Phi) is 3.97. The predicted molar refractivity (Wildman–Crippen MR) is 74.1 cm³/mol. The summed E-state index contributed by atoms with van der Waals surface area (Å²) in [7, 11) is 0. The van der Waals surface area contributed by atoms with Crippen LogP contribution in [0, 0.1) is 13.8 Å². The molecule has 2 rings (SSSR count). The molecule has 0 amide bonds. The van der Waals surface area contributed by atoms with Crippen LogP contribution in [-0.2, 0) is 0 Å². The normalized spacial score (nSPS) is 24.2. The summed E-state index contributed by atoms with van der Waals surface area (Å²) in [5.41, 5.74) is 3.24. The largest absolute Gasteiger partial charge is 0.344 e. The number of aldehydes is 1. The molecule has 0 N–H and O–H groups in total. The molecule has 0 aliphatic heterocycles. The van der Waals surface area contributed by atoms with E-state index in [0.717, 1.165) is 22.8 Å². The van der Waals surface area contributed by atoms with E-state index < -0.39 is 0 Å². The van der Waals surface area contributed by atoms with Crippen molar-refractivity contribution in [1.29, 1.82) is 0 Å². The molecule has 1 saturated carbocycles. The molecule has 0 bridgehead atoms. The molecule has 94 valence electrons. The van der Waals surface area contributed by atoms with Crippen molar-refractivity contribution < 1.29 is 4.79 Å². The molecule has 0 spiro atoms. The van der Waals surface area contributed by atoms with Crippen molar-refractivity contribution in [2.75, 3.05) is 5.75 Å². The van der Waals surface area contributed by atoms with Crippen LogP contribution in [0.25, 0.3) is 0 Å². The second kappa shape index (κ2) is 5.30. The Hall–Kier alpha value is -0.700. The van der Waals surface area contributed by atoms with E-state index >= 15 is 0 Å². The van der Waals surface area contributed by atoms with Gasteiger partial charge in [-0.2, -0.15) is 11.8 Å². The minimum absolute atomic E-state index is 0.591. The molecule has 0 aromatic carbocycles. The van der Waals surface area contributed by atoms with Gasteiger partial charge in [-0.25, -0.2) is 0 Å². The van der Waals surface area contributed by atoms with E-state index in [1.807, 2.05) is 6.07 Å². The van der Waals surface area contributed by atoms with E-state index in [-0.39, 0.29) is 0 Å². The van der Waals surface area contributed by atoms with E-state index in [9.17, 15) is 4.79 Å². The van der Waals surface area contributed by atoms with Crippen molar-refractivity contribution in [2.24, 2.45) is 0 Å². The average molecular weight is 251 g/mol. The van der Waals surface area contributed by atoms with E-state index in [1.54, 1.807) is 0 Å². The summed E-state index contributed by atoms with van der Waals surface area (Å²) in [5, 5.41) is 0.726. The minimum Gasteiger partial charge on any atom is -0.344 e. The number of aryl methyl sites for hydroxylation is 1. The third-order valence-corrected chi connectivity index (χ3v) is 5.09. The molecule has 1 fully saturated rings. The molecule has 1 aliphatic carbocycles. The summed E-state index contributed by atoms with van der Waals surface area (Å²) in [6.45, 7) is 6.42.